The summed E-state index contributed by atoms with van der Waals surface area (Å²) in [5.41, 5.74) is 1.84. The van der Waals surface area contributed by atoms with Crippen molar-refractivity contribution in [3.05, 3.63) is 36.2 Å². The van der Waals surface area contributed by atoms with Crippen LogP contribution in [0.5, 0.6) is 0 Å². The standard InChI is InChI=1S/C21H21N9O4S2/c1-2-36(33,34)29-12-21(13-29,4-5-22)30-9-14(7-24-30)18-19-16(3-6-35-19)26-20(27-18)25-15-8-23-28(10-15)11-17(31)32/h3,6-10H,2,4,11-13H2,1H3,(H,31,32)(H,25,26,27). The fourth-order valence-electron chi connectivity index (χ4n) is 4.08. The number of rotatable bonds is 9. The maximum absolute atomic E-state index is 12.2. The molecule has 0 aliphatic carbocycles. The van der Waals surface area contributed by atoms with E-state index >= 15 is 0 Å². The lowest BCUT2D eigenvalue weighted by molar-refractivity contribution is -0.137. The Kier molecular flexibility index (Phi) is 5.94. The van der Waals surface area contributed by atoms with Gasteiger partial charge in [0.1, 0.15) is 12.1 Å². The van der Waals surface area contributed by atoms with Gasteiger partial charge in [-0.25, -0.2) is 18.4 Å². The Hall–Kier alpha value is -3.87. The van der Waals surface area contributed by atoms with E-state index in [0.717, 1.165) is 4.70 Å². The Bertz CT molecular complexity index is 1590. The van der Waals surface area contributed by atoms with Crippen molar-refractivity contribution in [3.8, 4) is 17.3 Å². The Balaban J connectivity index is 1.46. The lowest BCUT2D eigenvalue weighted by atomic mass is 9.89. The average molecular weight is 528 g/mol. The summed E-state index contributed by atoms with van der Waals surface area (Å²) in [5, 5.41) is 31.8. The van der Waals surface area contributed by atoms with Gasteiger partial charge >= 0.3 is 5.97 Å². The minimum atomic E-state index is -3.35. The molecule has 13 nitrogen and oxygen atoms in total. The van der Waals surface area contributed by atoms with Gasteiger partial charge in [-0.3, -0.25) is 14.2 Å². The van der Waals surface area contributed by atoms with Crippen LogP contribution in [-0.4, -0.2) is 72.2 Å². The third-order valence-corrected chi connectivity index (χ3v) is 8.62. The van der Waals surface area contributed by atoms with Crippen molar-refractivity contribution in [3.63, 3.8) is 0 Å². The molecule has 1 fully saturated rings. The van der Waals surface area contributed by atoms with Crippen LogP contribution in [0.25, 0.3) is 21.5 Å². The van der Waals surface area contributed by atoms with Crippen molar-refractivity contribution >= 4 is 49.2 Å². The first-order valence-electron chi connectivity index (χ1n) is 10.9. The fourth-order valence-corrected chi connectivity index (χ4v) is 6.16. The number of carboxylic acid groups (broad SMARTS) is 1. The molecule has 0 amide bonds. The molecule has 15 heteroatoms. The quantitative estimate of drug-likeness (QED) is 0.327. The molecular formula is C21H21N9O4S2. The molecule has 1 aliphatic rings. The molecule has 0 saturated carbocycles. The van der Waals surface area contributed by atoms with Crippen molar-refractivity contribution in [1.82, 2.24) is 33.8 Å². The molecule has 5 rings (SSSR count). The van der Waals surface area contributed by atoms with E-state index in [0.29, 0.717) is 28.4 Å². The van der Waals surface area contributed by atoms with Crippen molar-refractivity contribution in [2.75, 3.05) is 24.2 Å². The van der Waals surface area contributed by atoms with Crippen molar-refractivity contribution in [2.45, 2.75) is 25.4 Å². The highest BCUT2D eigenvalue weighted by Gasteiger charge is 2.49. The monoisotopic (exact) mass is 527 g/mol. The number of nitrogens with zero attached hydrogens (tertiary/aromatic N) is 8. The number of anilines is 2. The van der Waals surface area contributed by atoms with Crippen LogP contribution >= 0.6 is 11.3 Å². The number of nitrogens with one attached hydrogen (secondary N) is 1. The number of aromatic nitrogens is 6. The van der Waals surface area contributed by atoms with Crippen LogP contribution in [-0.2, 0) is 26.9 Å². The lowest BCUT2D eigenvalue weighted by Crippen LogP contribution is -2.64. The van der Waals surface area contributed by atoms with E-state index < -0.39 is 21.5 Å². The van der Waals surface area contributed by atoms with Gasteiger partial charge in [-0.15, -0.1) is 11.3 Å². The summed E-state index contributed by atoms with van der Waals surface area (Å²) in [6, 6.07) is 4.03. The second kappa shape index (κ2) is 8.97. The van der Waals surface area contributed by atoms with E-state index in [1.165, 1.54) is 26.5 Å². The van der Waals surface area contributed by atoms with Crippen LogP contribution < -0.4 is 5.32 Å². The maximum Gasteiger partial charge on any atom is 0.325 e. The minimum Gasteiger partial charge on any atom is -0.480 e. The predicted octanol–water partition coefficient (Wildman–Crippen LogP) is 1.85. The summed E-state index contributed by atoms with van der Waals surface area (Å²) in [6.07, 6.45) is 6.58. The molecule has 2 N–H and O–H groups in total. The minimum absolute atomic E-state index is 0.00226. The third-order valence-electron chi connectivity index (χ3n) is 5.94. The Morgan fingerprint density at radius 3 is 2.81 bits per heavy atom. The van der Waals surface area contributed by atoms with Gasteiger partial charge in [0.05, 0.1) is 52.2 Å². The van der Waals surface area contributed by atoms with E-state index in [2.05, 4.69) is 31.6 Å². The molecule has 4 aromatic heterocycles. The Morgan fingerprint density at radius 2 is 2.08 bits per heavy atom. The van der Waals surface area contributed by atoms with E-state index in [1.807, 2.05) is 11.4 Å². The van der Waals surface area contributed by atoms with Crippen molar-refractivity contribution in [1.29, 1.82) is 5.26 Å². The van der Waals surface area contributed by atoms with Gasteiger partial charge in [-0.05, 0) is 18.4 Å². The van der Waals surface area contributed by atoms with Crippen LogP contribution in [0.3, 0.4) is 0 Å². The first kappa shape index (κ1) is 23.9. The molecule has 0 spiro atoms. The number of nitriles is 1. The number of carbonyl (C=O) groups is 1. The highest BCUT2D eigenvalue weighted by molar-refractivity contribution is 7.89. The second-order valence-corrected chi connectivity index (χ2v) is 11.6. The molecule has 0 bridgehead atoms. The predicted molar refractivity (Wildman–Crippen MR) is 131 cm³/mol. The molecule has 0 atom stereocenters. The summed E-state index contributed by atoms with van der Waals surface area (Å²) in [7, 11) is -3.35. The summed E-state index contributed by atoms with van der Waals surface area (Å²) in [6.45, 7) is 1.69. The third kappa shape index (κ3) is 4.30. The molecule has 4 aromatic rings. The van der Waals surface area contributed by atoms with E-state index in [9.17, 15) is 18.5 Å². The van der Waals surface area contributed by atoms with Gasteiger partial charge in [-0.1, -0.05) is 0 Å². The number of sulfonamides is 1. The first-order chi connectivity index (χ1) is 17.2. The van der Waals surface area contributed by atoms with Gasteiger partial charge in [0.15, 0.2) is 0 Å². The highest BCUT2D eigenvalue weighted by atomic mass is 32.2. The summed E-state index contributed by atoms with van der Waals surface area (Å²) >= 11 is 1.48. The normalized spacial score (nSPS) is 15.4. The van der Waals surface area contributed by atoms with Gasteiger partial charge in [-0.2, -0.15) is 19.8 Å². The largest absolute Gasteiger partial charge is 0.480 e. The molecule has 36 heavy (non-hydrogen) atoms. The average Bonchev–Trinajstić information content (AvgIpc) is 3.56. The SMILES string of the molecule is CCS(=O)(=O)N1CC(CC#N)(n2cc(-c3nc(Nc4cnn(CC(=O)O)c4)nc4ccsc34)cn2)C1. The smallest absolute Gasteiger partial charge is 0.325 e. The first-order valence-corrected chi connectivity index (χ1v) is 13.4. The molecule has 0 unspecified atom stereocenters. The summed E-state index contributed by atoms with van der Waals surface area (Å²) in [4.78, 5) is 20.1. The molecule has 5 heterocycles. The highest BCUT2D eigenvalue weighted by Crippen LogP contribution is 2.37. The number of aliphatic carboxylic acids is 1. The molecule has 0 radical (unpaired) electrons. The van der Waals surface area contributed by atoms with Crippen LogP contribution in [0, 0.1) is 11.3 Å². The topological polar surface area (TPSA) is 172 Å². The van der Waals surface area contributed by atoms with E-state index in [4.69, 9.17) is 5.11 Å². The van der Waals surface area contributed by atoms with Crippen molar-refractivity contribution < 1.29 is 18.3 Å². The van der Waals surface area contributed by atoms with Crippen LogP contribution in [0.2, 0.25) is 0 Å². The molecule has 186 valence electrons. The number of fused-ring (bicyclic) bond motifs is 1. The Labute approximate surface area is 209 Å². The zero-order valence-corrected chi connectivity index (χ0v) is 20.7. The molecular weight excluding hydrogens is 506 g/mol. The molecule has 0 aromatic carbocycles. The van der Waals surface area contributed by atoms with E-state index in [1.54, 1.807) is 30.2 Å². The fraction of sp³-hybridized carbons (Fsp3) is 0.333. The lowest BCUT2D eigenvalue weighted by Gasteiger charge is -2.47. The maximum atomic E-state index is 12.2. The summed E-state index contributed by atoms with van der Waals surface area (Å²) < 4.78 is 29.7. The van der Waals surface area contributed by atoms with Crippen LogP contribution in [0.4, 0.5) is 11.6 Å². The van der Waals surface area contributed by atoms with Gasteiger partial charge in [0.25, 0.3) is 0 Å². The number of hydrogen-bond donors (Lipinski definition) is 2. The zero-order valence-electron chi connectivity index (χ0n) is 19.1. The van der Waals surface area contributed by atoms with Crippen LogP contribution in [0.15, 0.2) is 36.2 Å². The van der Waals surface area contributed by atoms with E-state index in [-0.39, 0.29) is 31.8 Å². The summed E-state index contributed by atoms with van der Waals surface area (Å²) in [5.74, 6) is -0.701. The number of carboxylic acids is 1. The second-order valence-electron chi connectivity index (χ2n) is 8.38. The van der Waals surface area contributed by atoms with Gasteiger partial charge < -0.3 is 10.4 Å². The van der Waals surface area contributed by atoms with Crippen molar-refractivity contribution in [2.24, 2.45) is 0 Å². The number of hydrogen-bond acceptors (Lipinski definition) is 10. The molecule has 1 aliphatic heterocycles. The van der Waals surface area contributed by atoms with Gasteiger partial charge in [0.2, 0.25) is 16.0 Å². The Morgan fingerprint density at radius 1 is 1.28 bits per heavy atom. The van der Waals surface area contributed by atoms with Crippen LogP contribution in [0.1, 0.15) is 13.3 Å². The molecule has 1 saturated heterocycles. The number of thiophene rings is 1. The zero-order chi connectivity index (χ0) is 25.5. The van der Waals surface area contributed by atoms with Gasteiger partial charge in [0, 0.05) is 31.0 Å².